The normalized spacial score (nSPS) is 13.1. The molecular weight excluding hydrogens is 222 g/mol. The molecule has 0 aliphatic heterocycles. The molecule has 2 nitrogen and oxygen atoms in total. The smallest absolute Gasteiger partial charge is 0.180 e. The summed E-state index contributed by atoms with van der Waals surface area (Å²) in [6.45, 7) is 0. The molecule has 0 aromatic heterocycles. The van der Waals surface area contributed by atoms with Gasteiger partial charge in [-0.3, -0.25) is 4.79 Å². The lowest BCUT2D eigenvalue weighted by molar-refractivity contribution is -0.110. The van der Waals surface area contributed by atoms with Crippen LogP contribution in [0.5, 0.6) is 0 Å². The number of carbonyl (C=O) groups excluding carboxylic acids is 1. The lowest BCUT2D eigenvalue weighted by Gasteiger charge is -2.25. The second-order valence-electron chi connectivity index (χ2n) is 3.93. The number of benzene rings is 2. The van der Waals surface area contributed by atoms with Crippen LogP contribution >= 0.6 is 0 Å². The molecule has 1 N–H and O–H groups in total. The maximum atomic E-state index is 11.5. The van der Waals surface area contributed by atoms with Crippen molar-refractivity contribution in [3.05, 3.63) is 66.2 Å². The molecule has 0 heterocycles. The summed E-state index contributed by atoms with van der Waals surface area (Å²) < 4.78 is 0. The quantitative estimate of drug-likeness (QED) is 0.652. The molecule has 0 aliphatic carbocycles. The number of terminal acetylenes is 1. The van der Waals surface area contributed by atoms with Crippen molar-refractivity contribution < 1.29 is 4.79 Å². The zero-order chi connectivity index (χ0) is 12.8. The summed E-state index contributed by atoms with van der Waals surface area (Å²) >= 11 is 0. The highest BCUT2D eigenvalue weighted by Gasteiger charge is 2.29. The van der Waals surface area contributed by atoms with Crippen LogP contribution in [0.2, 0.25) is 0 Å². The largest absolute Gasteiger partial charge is 0.360 e. The molecule has 88 valence electrons. The van der Waals surface area contributed by atoms with Crippen LogP contribution in [0.4, 0.5) is 5.69 Å². The van der Waals surface area contributed by atoms with E-state index < -0.39 is 5.54 Å². The topological polar surface area (TPSA) is 29.1 Å². The number of hydrogen-bond acceptors (Lipinski definition) is 2. The molecule has 0 aliphatic rings. The van der Waals surface area contributed by atoms with Crippen LogP contribution in [0, 0.1) is 12.3 Å². The van der Waals surface area contributed by atoms with Gasteiger partial charge in [-0.2, -0.15) is 0 Å². The molecule has 0 saturated carbocycles. The fraction of sp³-hybridized carbons (Fsp3) is 0.0625. The van der Waals surface area contributed by atoms with E-state index in [2.05, 4.69) is 11.2 Å². The van der Waals surface area contributed by atoms with Gasteiger partial charge in [-0.15, -0.1) is 6.42 Å². The van der Waals surface area contributed by atoms with Gasteiger partial charge in [0.2, 0.25) is 0 Å². The fourth-order valence-corrected chi connectivity index (χ4v) is 1.77. The molecular formula is C16H13NO. The Hall–Kier alpha value is -2.53. The summed E-state index contributed by atoms with van der Waals surface area (Å²) in [7, 11) is 0. The second kappa shape index (κ2) is 5.20. The Kier molecular flexibility index (Phi) is 3.45. The molecule has 18 heavy (non-hydrogen) atoms. The minimum atomic E-state index is -1.12. The minimum absolute atomic E-state index is 0.756. The maximum absolute atomic E-state index is 11.5. The van der Waals surface area contributed by atoms with Gasteiger partial charge in [0.15, 0.2) is 11.8 Å². The highest BCUT2D eigenvalue weighted by Crippen LogP contribution is 2.23. The predicted molar refractivity (Wildman–Crippen MR) is 73.1 cm³/mol. The molecule has 2 aromatic rings. The highest BCUT2D eigenvalue weighted by atomic mass is 16.1. The molecule has 2 aromatic carbocycles. The standard InChI is InChI=1S/C16H13NO/c1-2-16(13-18,14-9-5-3-6-10-14)17-15-11-7-4-8-12-15/h1,3-13,17H/t16-/m1/s1. The molecule has 0 amide bonds. The van der Waals surface area contributed by atoms with E-state index in [0.717, 1.165) is 17.5 Å². The minimum Gasteiger partial charge on any atom is -0.360 e. The van der Waals surface area contributed by atoms with E-state index >= 15 is 0 Å². The van der Waals surface area contributed by atoms with Crippen molar-refractivity contribution in [2.24, 2.45) is 0 Å². The molecule has 1 atom stereocenters. The van der Waals surface area contributed by atoms with E-state index in [-0.39, 0.29) is 0 Å². The molecule has 0 bridgehead atoms. The molecule has 2 heteroatoms. The van der Waals surface area contributed by atoms with Crippen LogP contribution in [-0.2, 0) is 10.3 Å². The summed E-state index contributed by atoms with van der Waals surface area (Å²) in [5, 5.41) is 3.10. The van der Waals surface area contributed by atoms with Crippen molar-refractivity contribution in [2.75, 3.05) is 5.32 Å². The lowest BCUT2D eigenvalue weighted by atomic mass is 9.92. The summed E-state index contributed by atoms with van der Waals surface area (Å²) in [5.74, 6) is 2.55. The maximum Gasteiger partial charge on any atom is 0.180 e. The van der Waals surface area contributed by atoms with Gasteiger partial charge < -0.3 is 5.32 Å². The predicted octanol–water partition coefficient (Wildman–Crippen LogP) is 2.83. The number of para-hydroxylation sites is 1. The van der Waals surface area contributed by atoms with Gasteiger partial charge in [-0.05, 0) is 17.7 Å². The van der Waals surface area contributed by atoms with Crippen molar-refractivity contribution in [2.45, 2.75) is 5.54 Å². The molecule has 0 saturated heterocycles. The van der Waals surface area contributed by atoms with E-state index in [9.17, 15) is 4.79 Å². The van der Waals surface area contributed by atoms with Crippen LogP contribution in [0.15, 0.2) is 60.7 Å². The Morgan fingerprint density at radius 1 is 1.00 bits per heavy atom. The van der Waals surface area contributed by atoms with Crippen molar-refractivity contribution >= 4 is 12.0 Å². The number of anilines is 1. The van der Waals surface area contributed by atoms with E-state index in [1.165, 1.54) is 0 Å². The second-order valence-corrected chi connectivity index (χ2v) is 3.93. The first-order valence-corrected chi connectivity index (χ1v) is 5.63. The van der Waals surface area contributed by atoms with Crippen LogP contribution in [-0.4, -0.2) is 6.29 Å². The van der Waals surface area contributed by atoms with Gasteiger partial charge in [0.1, 0.15) is 0 Å². The third-order valence-corrected chi connectivity index (χ3v) is 2.75. The number of nitrogens with one attached hydrogen (secondary N) is 1. The van der Waals surface area contributed by atoms with Crippen molar-refractivity contribution in [3.8, 4) is 12.3 Å². The highest BCUT2D eigenvalue weighted by molar-refractivity contribution is 5.78. The number of aldehydes is 1. The summed E-state index contributed by atoms with van der Waals surface area (Å²) in [6, 6.07) is 18.7. The van der Waals surface area contributed by atoms with Gasteiger partial charge in [-0.1, -0.05) is 54.5 Å². The number of carbonyl (C=O) groups is 1. The Labute approximate surface area is 107 Å². The first kappa shape index (κ1) is 11.9. The lowest BCUT2D eigenvalue weighted by Crippen LogP contribution is -2.35. The zero-order valence-electron chi connectivity index (χ0n) is 9.84. The van der Waals surface area contributed by atoms with E-state index in [1.54, 1.807) is 0 Å². The average molecular weight is 235 g/mol. The molecule has 0 radical (unpaired) electrons. The Morgan fingerprint density at radius 2 is 1.56 bits per heavy atom. The average Bonchev–Trinajstić information content (AvgIpc) is 2.47. The van der Waals surface area contributed by atoms with E-state index in [4.69, 9.17) is 6.42 Å². The SMILES string of the molecule is C#C[C@](C=O)(Nc1ccccc1)c1ccccc1. The first-order valence-electron chi connectivity index (χ1n) is 5.63. The number of hydrogen-bond donors (Lipinski definition) is 1. The number of rotatable bonds is 4. The van der Waals surface area contributed by atoms with Gasteiger partial charge in [0, 0.05) is 5.69 Å². The molecule has 0 unspecified atom stereocenters. The van der Waals surface area contributed by atoms with E-state index in [0.29, 0.717) is 0 Å². The summed E-state index contributed by atoms with van der Waals surface area (Å²) in [4.78, 5) is 11.5. The zero-order valence-corrected chi connectivity index (χ0v) is 9.84. The summed E-state index contributed by atoms with van der Waals surface area (Å²) in [5.41, 5.74) is 0.445. The van der Waals surface area contributed by atoms with Crippen LogP contribution in [0.1, 0.15) is 5.56 Å². The van der Waals surface area contributed by atoms with Crippen molar-refractivity contribution in [3.63, 3.8) is 0 Å². The fourth-order valence-electron chi connectivity index (χ4n) is 1.77. The Balaban J connectivity index is 2.40. The summed E-state index contributed by atoms with van der Waals surface area (Å²) in [6.07, 6.45) is 6.31. The molecule has 0 spiro atoms. The van der Waals surface area contributed by atoms with Gasteiger partial charge >= 0.3 is 0 Å². The third kappa shape index (κ3) is 2.26. The van der Waals surface area contributed by atoms with Crippen LogP contribution in [0.25, 0.3) is 0 Å². The van der Waals surface area contributed by atoms with Crippen LogP contribution < -0.4 is 5.32 Å². The van der Waals surface area contributed by atoms with Crippen LogP contribution in [0.3, 0.4) is 0 Å². The third-order valence-electron chi connectivity index (χ3n) is 2.75. The van der Waals surface area contributed by atoms with Crippen molar-refractivity contribution in [1.82, 2.24) is 0 Å². The van der Waals surface area contributed by atoms with Gasteiger partial charge in [0.25, 0.3) is 0 Å². The monoisotopic (exact) mass is 235 g/mol. The first-order chi connectivity index (χ1) is 8.80. The van der Waals surface area contributed by atoms with Gasteiger partial charge in [0.05, 0.1) is 0 Å². The molecule has 2 rings (SSSR count). The molecule has 0 fully saturated rings. The Bertz CT molecular complexity index is 557. The Morgan fingerprint density at radius 3 is 2.06 bits per heavy atom. The van der Waals surface area contributed by atoms with E-state index in [1.807, 2.05) is 60.7 Å². The van der Waals surface area contributed by atoms with Gasteiger partial charge in [-0.25, -0.2) is 0 Å². The van der Waals surface area contributed by atoms with Crippen molar-refractivity contribution in [1.29, 1.82) is 0 Å².